The predicted molar refractivity (Wildman–Crippen MR) is 477 cm³/mol. The molecule has 3 aromatic heterocycles. The van der Waals surface area contributed by atoms with Crippen LogP contribution in [0.5, 0.6) is 29.3 Å². The summed E-state index contributed by atoms with van der Waals surface area (Å²) in [5.41, 5.74) is 9.46. The second-order valence-corrected chi connectivity index (χ2v) is 34.3. The van der Waals surface area contributed by atoms with Gasteiger partial charge >= 0.3 is 12.0 Å². The number of piperazine rings is 3. The number of piperidine rings is 1. The van der Waals surface area contributed by atoms with Crippen LogP contribution in [0.15, 0.2) is 147 Å². The van der Waals surface area contributed by atoms with E-state index in [-0.39, 0.29) is 47.1 Å². The number of rotatable bonds is 18. The molecule has 634 valence electrons. The summed E-state index contributed by atoms with van der Waals surface area (Å²) in [4.78, 5) is 93.7. The number of nitrogens with one attached hydrogen (secondary N) is 1. The Bertz CT molecular complexity index is 5340. The van der Waals surface area contributed by atoms with E-state index in [0.29, 0.717) is 121 Å². The molecule has 0 unspecified atom stereocenters. The van der Waals surface area contributed by atoms with Crippen molar-refractivity contribution in [2.24, 2.45) is 0 Å². The molecule has 0 bridgehead atoms. The average Bonchev–Trinajstić information content (AvgIpc) is 1.57. The van der Waals surface area contributed by atoms with Crippen LogP contribution in [0.25, 0.3) is 32.3 Å². The van der Waals surface area contributed by atoms with Gasteiger partial charge in [0.05, 0.1) is 36.7 Å². The zero-order chi connectivity index (χ0) is 83.5. The monoisotopic (exact) mass is 1640 g/mol. The molecule has 6 aromatic carbocycles. The summed E-state index contributed by atoms with van der Waals surface area (Å²) in [7, 11) is 4.28. The summed E-state index contributed by atoms with van der Waals surface area (Å²) in [6.45, 7) is 31.7. The molecule has 0 spiro atoms. The van der Waals surface area contributed by atoms with E-state index < -0.39 is 0 Å². The van der Waals surface area contributed by atoms with E-state index in [4.69, 9.17) is 39.4 Å². The molecule has 9 aliphatic heterocycles. The van der Waals surface area contributed by atoms with Gasteiger partial charge in [-0.25, -0.2) is 4.98 Å². The fourth-order valence-electron chi connectivity index (χ4n) is 19.6. The molecule has 27 nitrogen and oxygen atoms in total. The fraction of sp³-hybridized carbons (Fsp3) is 0.457. The van der Waals surface area contributed by atoms with Crippen molar-refractivity contribution in [3.8, 4) is 29.3 Å². The zero-order valence-corrected chi connectivity index (χ0v) is 70.5. The number of hydrogen-bond acceptors (Lipinski definition) is 24. The molecule has 1 saturated carbocycles. The van der Waals surface area contributed by atoms with Crippen LogP contribution >= 0.6 is 0 Å². The number of fused-ring (bicyclic) bond motifs is 6. The van der Waals surface area contributed by atoms with Gasteiger partial charge in [-0.1, -0.05) is 92.5 Å². The first-order valence-corrected chi connectivity index (χ1v) is 43.7. The predicted octanol–water partition coefficient (Wildman–Crippen LogP) is 11.0. The molecule has 1 aliphatic carbocycles. The second kappa shape index (κ2) is 36.0. The molecule has 9 aromatic rings. The van der Waals surface area contributed by atoms with Gasteiger partial charge in [-0.05, 0) is 164 Å². The number of amides is 3. The van der Waals surface area contributed by atoms with Crippen LogP contribution < -0.4 is 44.2 Å². The summed E-state index contributed by atoms with van der Waals surface area (Å²) in [5, 5.41) is 41.6. The molecule has 4 atom stereocenters. The van der Waals surface area contributed by atoms with E-state index in [2.05, 4.69) is 115 Å². The normalized spacial score (nSPS) is 21.1. The Morgan fingerprint density at radius 3 is 1.36 bits per heavy atom. The third-order valence-corrected chi connectivity index (χ3v) is 26.5. The standard InChI is InChI=1S/C32H39N7O2.2C31H38N6O3/c1-2-30(41)37-15-17-38(18-16-37)31-27-11-14-39(29-20-25(40)19-22-5-3-4-6-26(22)29)21-28(27)34-32(35-31)33-23-9-12-36(13-10-23)24-7-8-24;1-4-29(39)37-15-14-36(18-21(37)2)30-26-11-13-35(28-17-24(38)16-22-8-5-6-10-25(22)28)19-27(26)32-31(33-30)40-20-23-9-7-12-34(23)3;1-4-29(39)36-14-15-37(21(2)18-36)30-26-11-13-35(28-17-24(38)16-22-8-5-6-10-25(22)28)19-27(26)32-31(33-30)40-20-23-9-7-12-34(23)3/h2-6,19-20,23-24,40H,1,7-18,21H2,(H,33,34,35);2*4-6,8,10,16-17,21,23,38H,1,7,9,11-15,18-20H2,2-3H3/t;2*21-,23-/m.10/s1. The van der Waals surface area contributed by atoms with Gasteiger partial charge in [0.15, 0.2) is 0 Å². The first-order valence-electron chi connectivity index (χ1n) is 43.7. The van der Waals surface area contributed by atoms with Crippen LogP contribution in [0.2, 0.25) is 0 Å². The molecule has 7 fully saturated rings. The van der Waals surface area contributed by atoms with Gasteiger partial charge in [0.25, 0.3) is 0 Å². The van der Waals surface area contributed by atoms with Crippen LogP contribution in [0.4, 0.5) is 40.5 Å². The van der Waals surface area contributed by atoms with Crippen molar-refractivity contribution in [2.75, 3.05) is 173 Å². The third-order valence-electron chi connectivity index (χ3n) is 26.5. The van der Waals surface area contributed by atoms with Gasteiger partial charge in [0.1, 0.15) is 47.9 Å². The SMILES string of the molecule is C=CC(=O)N1CCN(c2nc(NC3CCN(C4CC4)CC3)nc3c2CCN(c2cc(O)cc4ccccc24)C3)CC1.C=CC(=O)N1CCN(c2nc(OC[C@@H]3CCCN3C)nc3c2CCN(c2cc(O)cc4ccccc24)C3)[C@@H](C)C1.C=CC(=O)N1CCN(c2nc(OC[C@H]3CCCN3C)nc3c2CCN(c2cc(O)cc4ccccc24)C3)C[C@H]1C. The van der Waals surface area contributed by atoms with Crippen LogP contribution in [0.1, 0.15) is 99.0 Å². The first-order chi connectivity index (χ1) is 58.9. The Hall–Kier alpha value is -11.6. The highest BCUT2D eigenvalue weighted by Gasteiger charge is 2.38. The topological polar surface area (TPSA) is 259 Å². The maximum Gasteiger partial charge on any atom is 0.318 e. The highest BCUT2D eigenvalue weighted by Crippen LogP contribution is 2.42. The van der Waals surface area contributed by atoms with Crippen molar-refractivity contribution in [3.63, 3.8) is 0 Å². The molecule has 10 aliphatic rings. The van der Waals surface area contributed by atoms with Crippen LogP contribution in [0.3, 0.4) is 0 Å². The van der Waals surface area contributed by atoms with E-state index >= 15 is 0 Å². The first kappa shape index (κ1) is 81.8. The Morgan fingerprint density at radius 1 is 0.446 bits per heavy atom. The largest absolute Gasteiger partial charge is 0.508 e. The maximum absolute atomic E-state index is 12.3. The number of aromatic nitrogens is 6. The van der Waals surface area contributed by atoms with E-state index in [9.17, 15) is 29.7 Å². The lowest BCUT2D eigenvalue weighted by Crippen LogP contribution is -2.54. The molecule has 3 amide bonds. The molecule has 12 heterocycles. The van der Waals surface area contributed by atoms with Crippen molar-refractivity contribution >= 4 is 90.5 Å². The third kappa shape index (κ3) is 18.0. The fourth-order valence-corrected chi connectivity index (χ4v) is 19.6. The van der Waals surface area contributed by atoms with Gasteiger partial charge in [-0.3, -0.25) is 14.4 Å². The second-order valence-electron chi connectivity index (χ2n) is 34.3. The minimum atomic E-state index is -0.0325. The minimum Gasteiger partial charge on any atom is -0.508 e. The number of likely N-dealkylation sites (tertiary alicyclic amines) is 3. The molecular weight excluding hydrogens is 1520 g/mol. The molecule has 6 saturated heterocycles. The number of phenolic OH excluding ortho intramolecular Hbond substituents is 3. The number of phenols is 3. The molecule has 27 heteroatoms. The van der Waals surface area contributed by atoms with Crippen molar-refractivity contribution in [2.45, 2.75) is 140 Å². The molecule has 0 radical (unpaired) electrons. The lowest BCUT2D eigenvalue weighted by molar-refractivity contribution is -0.128. The molecular formula is C94H115N19O8. The average molecular weight is 1640 g/mol. The van der Waals surface area contributed by atoms with Crippen LogP contribution in [0, 0.1) is 0 Å². The lowest BCUT2D eigenvalue weighted by atomic mass is 10.0. The number of ether oxygens (including phenoxy) is 2. The number of aromatic hydroxyl groups is 3. The van der Waals surface area contributed by atoms with E-state index in [1.54, 1.807) is 12.1 Å². The minimum absolute atomic E-state index is 0.0109. The van der Waals surface area contributed by atoms with E-state index in [1.807, 2.05) is 93.6 Å². The Kier molecular flexibility index (Phi) is 24.3. The Morgan fingerprint density at radius 2 is 0.893 bits per heavy atom. The highest BCUT2D eigenvalue weighted by molar-refractivity contribution is 5.98. The summed E-state index contributed by atoms with van der Waals surface area (Å²) < 4.78 is 12.5. The summed E-state index contributed by atoms with van der Waals surface area (Å²) in [5.74, 6) is 4.25. The van der Waals surface area contributed by atoms with Crippen molar-refractivity contribution in [1.29, 1.82) is 0 Å². The van der Waals surface area contributed by atoms with Gasteiger partial charge < -0.3 is 88.9 Å². The van der Waals surface area contributed by atoms with Crippen molar-refractivity contribution < 1.29 is 39.2 Å². The van der Waals surface area contributed by atoms with Crippen LogP contribution in [-0.4, -0.2) is 267 Å². The highest BCUT2D eigenvalue weighted by atomic mass is 16.5. The number of carbonyl (C=O) groups excluding carboxylic acids is 3. The lowest BCUT2D eigenvalue weighted by Gasteiger charge is -2.42. The van der Waals surface area contributed by atoms with Gasteiger partial charge in [0.2, 0.25) is 23.7 Å². The summed E-state index contributed by atoms with van der Waals surface area (Å²) in [6, 6.07) is 38.4. The number of likely N-dealkylation sites (N-methyl/N-ethyl adjacent to an activating group) is 2. The zero-order valence-electron chi connectivity index (χ0n) is 70.5. The Balaban J connectivity index is 0.000000129. The molecule has 121 heavy (non-hydrogen) atoms. The van der Waals surface area contributed by atoms with Crippen molar-refractivity contribution in [3.05, 3.63) is 181 Å². The molecule has 19 rings (SSSR count). The maximum atomic E-state index is 12.3. The van der Waals surface area contributed by atoms with Gasteiger partial charge in [-0.2, -0.15) is 24.9 Å². The number of nitrogens with zero attached hydrogens (tertiary/aromatic N) is 18. The number of hydrogen-bond donors (Lipinski definition) is 4. The number of anilines is 7. The molecule has 4 N–H and O–H groups in total. The van der Waals surface area contributed by atoms with Gasteiger partial charge in [0, 0.05) is 203 Å². The quantitative estimate of drug-likeness (QED) is 0.0582. The number of benzene rings is 6. The van der Waals surface area contributed by atoms with Crippen LogP contribution in [-0.2, 0) is 53.3 Å². The van der Waals surface area contributed by atoms with E-state index in [0.717, 1.165) is 205 Å². The Labute approximate surface area is 709 Å². The van der Waals surface area contributed by atoms with Gasteiger partial charge in [-0.15, -0.1) is 0 Å². The summed E-state index contributed by atoms with van der Waals surface area (Å²) >= 11 is 0. The van der Waals surface area contributed by atoms with E-state index in [1.165, 1.54) is 49.5 Å². The van der Waals surface area contributed by atoms with Crippen molar-refractivity contribution in [1.82, 2.24) is 59.3 Å². The smallest absolute Gasteiger partial charge is 0.318 e. The summed E-state index contributed by atoms with van der Waals surface area (Å²) in [6.07, 6.45) is 16.1. The number of carbonyl (C=O) groups is 3.